The van der Waals surface area contributed by atoms with Crippen molar-refractivity contribution in [1.29, 1.82) is 0 Å². The molecule has 0 aromatic rings. The zero-order valence-electron chi connectivity index (χ0n) is 10.4. The third kappa shape index (κ3) is 4.25. The molecule has 0 amide bonds. The number of piperidine rings is 1. The lowest BCUT2D eigenvalue weighted by molar-refractivity contribution is -0.142. The van der Waals surface area contributed by atoms with Crippen molar-refractivity contribution in [3.63, 3.8) is 0 Å². The van der Waals surface area contributed by atoms with Crippen LogP contribution in [-0.4, -0.2) is 42.4 Å². The molecule has 0 spiro atoms. The summed E-state index contributed by atoms with van der Waals surface area (Å²) in [6, 6.07) is 0. The molecule has 0 radical (unpaired) electrons. The Labute approximate surface area is 102 Å². The first-order chi connectivity index (χ1) is 7.62. The van der Waals surface area contributed by atoms with E-state index in [0.29, 0.717) is 19.4 Å². The number of hydrogen-bond acceptors (Lipinski definition) is 3. The van der Waals surface area contributed by atoms with Crippen molar-refractivity contribution < 1.29 is 18.3 Å². The second kappa shape index (κ2) is 4.91. The van der Waals surface area contributed by atoms with Crippen molar-refractivity contribution in [3.05, 3.63) is 0 Å². The summed E-state index contributed by atoms with van der Waals surface area (Å²) in [4.78, 5) is 10.9. The third-order valence-electron chi connectivity index (χ3n) is 2.51. The Bertz CT molecular complexity index is 386. The van der Waals surface area contributed by atoms with Gasteiger partial charge in [-0.15, -0.1) is 0 Å². The molecule has 1 heterocycles. The summed E-state index contributed by atoms with van der Waals surface area (Å²) in [5.74, 6) is -1.53. The molecule has 100 valence electrons. The average molecular weight is 264 g/mol. The van der Waals surface area contributed by atoms with Crippen LogP contribution in [0.5, 0.6) is 0 Å². The van der Waals surface area contributed by atoms with Crippen molar-refractivity contribution >= 4 is 16.2 Å². The van der Waals surface area contributed by atoms with Crippen LogP contribution < -0.4 is 4.72 Å². The molecular weight excluding hydrogens is 244 g/mol. The molecule has 0 aliphatic carbocycles. The van der Waals surface area contributed by atoms with Gasteiger partial charge in [0.15, 0.2) is 0 Å². The number of nitrogens with one attached hydrogen (secondary N) is 1. The third-order valence-corrected chi connectivity index (χ3v) is 4.39. The average Bonchev–Trinajstić information content (AvgIpc) is 2.14. The van der Waals surface area contributed by atoms with Crippen LogP contribution in [0.3, 0.4) is 0 Å². The lowest BCUT2D eigenvalue weighted by atomic mass is 10.0. The first-order valence-electron chi connectivity index (χ1n) is 5.64. The standard InChI is InChI=1S/C10H20N2O4S/c1-10(2,3)11-17(15,16)12-6-4-5-8(7-12)9(13)14/h8,11H,4-7H2,1-3H3,(H,13,14)/t8-/m1/s1. The topological polar surface area (TPSA) is 86.7 Å². The van der Waals surface area contributed by atoms with Crippen LogP contribution >= 0.6 is 0 Å². The highest BCUT2D eigenvalue weighted by molar-refractivity contribution is 7.87. The maximum Gasteiger partial charge on any atom is 0.307 e. The molecule has 0 bridgehead atoms. The minimum atomic E-state index is -3.59. The predicted octanol–water partition coefficient (Wildman–Crippen LogP) is 0.416. The SMILES string of the molecule is CC(C)(C)NS(=O)(=O)N1CCC[C@@H](C(=O)O)C1. The summed E-state index contributed by atoms with van der Waals surface area (Å²) in [6.07, 6.45) is 1.12. The number of carbonyl (C=O) groups is 1. The highest BCUT2D eigenvalue weighted by Gasteiger charge is 2.33. The number of nitrogens with zero attached hydrogens (tertiary/aromatic N) is 1. The minimum absolute atomic E-state index is 0.0563. The van der Waals surface area contributed by atoms with Gasteiger partial charge in [0.05, 0.1) is 5.92 Å². The summed E-state index contributed by atoms with van der Waals surface area (Å²) in [5.41, 5.74) is -0.561. The van der Waals surface area contributed by atoms with Gasteiger partial charge in [0, 0.05) is 18.6 Å². The van der Waals surface area contributed by atoms with Gasteiger partial charge in [-0.1, -0.05) is 0 Å². The van der Waals surface area contributed by atoms with Gasteiger partial charge in [0.25, 0.3) is 10.2 Å². The highest BCUT2D eigenvalue weighted by atomic mass is 32.2. The van der Waals surface area contributed by atoms with Crippen LogP contribution in [0.15, 0.2) is 0 Å². The van der Waals surface area contributed by atoms with Gasteiger partial charge >= 0.3 is 5.97 Å². The lowest BCUT2D eigenvalue weighted by Gasteiger charge is -2.32. The quantitative estimate of drug-likeness (QED) is 0.773. The Morgan fingerprint density at radius 1 is 1.41 bits per heavy atom. The summed E-state index contributed by atoms with van der Waals surface area (Å²) >= 11 is 0. The van der Waals surface area contributed by atoms with Gasteiger partial charge in [-0.25, -0.2) is 0 Å². The van der Waals surface area contributed by atoms with Gasteiger partial charge in [0.1, 0.15) is 0 Å². The zero-order chi connectivity index (χ0) is 13.3. The molecule has 0 unspecified atom stereocenters. The molecule has 2 N–H and O–H groups in total. The second-order valence-corrected chi connectivity index (χ2v) is 7.06. The molecular formula is C10H20N2O4S. The Hall–Kier alpha value is -0.660. The zero-order valence-corrected chi connectivity index (χ0v) is 11.2. The number of carboxylic acids is 1. The Kier molecular flexibility index (Phi) is 4.16. The van der Waals surface area contributed by atoms with Crippen molar-refractivity contribution in [2.45, 2.75) is 39.2 Å². The van der Waals surface area contributed by atoms with Crippen LogP contribution in [0.25, 0.3) is 0 Å². The van der Waals surface area contributed by atoms with Crippen molar-refractivity contribution in [2.24, 2.45) is 5.92 Å². The van der Waals surface area contributed by atoms with Crippen LogP contribution in [0.1, 0.15) is 33.6 Å². The van der Waals surface area contributed by atoms with Gasteiger partial charge in [0.2, 0.25) is 0 Å². The normalized spacial score (nSPS) is 23.6. The molecule has 1 saturated heterocycles. The largest absolute Gasteiger partial charge is 0.481 e. The van der Waals surface area contributed by atoms with E-state index in [2.05, 4.69) is 4.72 Å². The van der Waals surface area contributed by atoms with E-state index in [9.17, 15) is 13.2 Å². The van der Waals surface area contributed by atoms with Crippen LogP contribution in [-0.2, 0) is 15.0 Å². The van der Waals surface area contributed by atoms with Crippen LogP contribution in [0.4, 0.5) is 0 Å². The van der Waals surface area contributed by atoms with E-state index in [0.717, 1.165) is 0 Å². The molecule has 1 aliphatic rings. The van der Waals surface area contributed by atoms with Gasteiger partial charge in [-0.3, -0.25) is 4.79 Å². The number of aliphatic carboxylic acids is 1. The van der Waals surface area contributed by atoms with Crippen LogP contribution in [0.2, 0.25) is 0 Å². The van der Waals surface area contributed by atoms with E-state index >= 15 is 0 Å². The molecule has 0 saturated carbocycles. The molecule has 0 aromatic carbocycles. The monoisotopic (exact) mass is 264 g/mol. The summed E-state index contributed by atoms with van der Waals surface area (Å²) < 4.78 is 27.7. The van der Waals surface area contributed by atoms with E-state index in [1.165, 1.54) is 4.31 Å². The summed E-state index contributed by atoms with van der Waals surface area (Å²) in [7, 11) is -3.59. The summed E-state index contributed by atoms with van der Waals surface area (Å²) in [5, 5.41) is 8.91. The molecule has 17 heavy (non-hydrogen) atoms. The molecule has 1 fully saturated rings. The van der Waals surface area contributed by atoms with E-state index in [4.69, 9.17) is 5.11 Å². The highest BCUT2D eigenvalue weighted by Crippen LogP contribution is 2.19. The molecule has 0 aromatic heterocycles. The maximum absolute atomic E-state index is 12.0. The molecule has 1 aliphatic heterocycles. The maximum atomic E-state index is 12.0. The first kappa shape index (κ1) is 14.4. The van der Waals surface area contributed by atoms with Gasteiger partial charge in [-0.05, 0) is 33.6 Å². The van der Waals surface area contributed by atoms with E-state index in [1.807, 2.05) is 0 Å². The van der Waals surface area contributed by atoms with E-state index in [-0.39, 0.29) is 6.54 Å². The van der Waals surface area contributed by atoms with Crippen molar-refractivity contribution in [1.82, 2.24) is 9.03 Å². The fourth-order valence-corrected chi connectivity index (χ4v) is 3.46. The first-order valence-corrected chi connectivity index (χ1v) is 7.08. The number of rotatable bonds is 3. The Morgan fingerprint density at radius 2 is 2.00 bits per heavy atom. The molecule has 1 rings (SSSR count). The predicted molar refractivity (Wildman–Crippen MR) is 63.7 cm³/mol. The number of hydrogen-bond donors (Lipinski definition) is 2. The molecule has 7 heteroatoms. The number of carboxylic acid groups (broad SMARTS) is 1. The Morgan fingerprint density at radius 3 is 2.47 bits per heavy atom. The Balaban J connectivity index is 2.75. The van der Waals surface area contributed by atoms with Gasteiger partial charge < -0.3 is 5.11 Å². The summed E-state index contributed by atoms with van der Waals surface area (Å²) in [6.45, 7) is 5.70. The molecule has 1 atom stereocenters. The fraction of sp³-hybridized carbons (Fsp3) is 0.900. The molecule has 6 nitrogen and oxygen atoms in total. The van der Waals surface area contributed by atoms with Crippen LogP contribution in [0, 0.1) is 5.92 Å². The van der Waals surface area contributed by atoms with Gasteiger partial charge in [-0.2, -0.15) is 17.4 Å². The second-order valence-electron chi connectivity index (χ2n) is 5.39. The van der Waals surface area contributed by atoms with E-state index in [1.54, 1.807) is 20.8 Å². The fourth-order valence-electron chi connectivity index (χ4n) is 1.81. The lowest BCUT2D eigenvalue weighted by Crippen LogP contribution is -2.52. The minimum Gasteiger partial charge on any atom is -0.481 e. The van der Waals surface area contributed by atoms with Crippen molar-refractivity contribution in [2.75, 3.05) is 13.1 Å². The van der Waals surface area contributed by atoms with Crippen molar-refractivity contribution in [3.8, 4) is 0 Å². The smallest absolute Gasteiger partial charge is 0.307 e. The van der Waals surface area contributed by atoms with E-state index < -0.39 is 27.6 Å².